The summed E-state index contributed by atoms with van der Waals surface area (Å²) < 4.78 is 28.4. The Morgan fingerprint density at radius 3 is 2.74 bits per heavy atom. The van der Waals surface area contributed by atoms with Crippen molar-refractivity contribution < 1.29 is 13.2 Å². The molecule has 1 aliphatic rings. The molecule has 27 heavy (non-hydrogen) atoms. The number of benzene rings is 1. The molecule has 0 atom stereocenters. The Morgan fingerprint density at radius 1 is 1.37 bits per heavy atom. The lowest BCUT2D eigenvalue weighted by Crippen LogP contribution is -2.41. The fourth-order valence-corrected chi connectivity index (χ4v) is 6.05. The second kappa shape index (κ2) is 8.99. The molecule has 2 aromatic rings. The lowest BCUT2D eigenvalue weighted by molar-refractivity contribution is -0.120. The number of hydrogen-bond donors (Lipinski definition) is 1. The normalized spacial score (nSPS) is 16.4. The zero-order valence-corrected chi connectivity index (χ0v) is 18.6. The van der Waals surface area contributed by atoms with Gasteiger partial charge in [0.05, 0.1) is 5.75 Å². The van der Waals surface area contributed by atoms with Crippen molar-refractivity contribution in [1.29, 1.82) is 0 Å². The van der Waals surface area contributed by atoms with Crippen LogP contribution in [0.4, 0.5) is 5.13 Å². The molecule has 1 aromatic carbocycles. The molecule has 0 unspecified atom stereocenters. The molecule has 0 bridgehead atoms. The second-order valence-corrected chi connectivity index (χ2v) is 11.0. The molecule has 0 aliphatic carbocycles. The number of anilines is 1. The van der Waals surface area contributed by atoms with Gasteiger partial charge in [0.15, 0.2) is 4.34 Å². The fourth-order valence-electron chi connectivity index (χ4n) is 2.88. The maximum Gasteiger partial charge on any atom is 0.229 e. The van der Waals surface area contributed by atoms with Gasteiger partial charge in [-0.1, -0.05) is 51.2 Å². The minimum absolute atomic E-state index is 0.0362. The molecule has 0 saturated carbocycles. The van der Waals surface area contributed by atoms with Gasteiger partial charge in [-0.3, -0.25) is 4.79 Å². The number of halogens is 1. The van der Waals surface area contributed by atoms with Gasteiger partial charge < -0.3 is 5.32 Å². The Morgan fingerprint density at radius 2 is 2.11 bits per heavy atom. The molecule has 1 aromatic heterocycles. The van der Waals surface area contributed by atoms with Gasteiger partial charge in [0.1, 0.15) is 0 Å². The zero-order chi connectivity index (χ0) is 19.4. The van der Waals surface area contributed by atoms with Gasteiger partial charge in [-0.2, -0.15) is 0 Å². The van der Waals surface area contributed by atoms with Gasteiger partial charge in [-0.25, -0.2) is 12.7 Å². The van der Waals surface area contributed by atoms with Gasteiger partial charge in [-0.05, 0) is 36.8 Å². The lowest BCUT2D eigenvalue weighted by atomic mass is 9.97. The highest BCUT2D eigenvalue weighted by Crippen LogP contribution is 2.26. The molecule has 11 heteroatoms. The van der Waals surface area contributed by atoms with Crippen LogP contribution in [-0.2, 0) is 20.6 Å². The Bertz CT molecular complexity index is 911. The monoisotopic (exact) mass is 490 g/mol. The van der Waals surface area contributed by atoms with Crippen molar-refractivity contribution in [3.63, 3.8) is 0 Å². The summed E-state index contributed by atoms with van der Waals surface area (Å²) in [6, 6.07) is 7.29. The summed E-state index contributed by atoms with van der Waals surface area (Å²) in [4.78, 5) is 12.4. The zero-order valence-electron chi connectivity index (χ0n) is 14.6. The maximum atomic E-state index is 12.7. The van der Waals surface area contributed by atoms with E-state index in [2.05, 4.69) is 31.4 Å². The van der Waals surface area contributed by atoms with Crippen LogP contribution in [0.1, 0.15) is 18.4 Å². The van der Waals surface area contributed by atoms with E-state index in [-0.39, 0.29) is 17.6 Å². The predicted octanol–water partition coefficient (Wildman–Crippen LogP) is 3.20. The van der Waals surface area contributed by atoms with E-state index in [1.54, 1.807) is 6.07 Å². The first-order chi connectivity index (χ1) is 12.9. The minimum atomic E-state index is -3.40. The van der Waals surface area contributed by atoms with Crippen molar-refractivity contribution in [3.8, 4) is 0 Å². The number of hydrogen-bond acceptors (Lipinski definition) is 7. The van der Waals surface area contributed by atoms with Gasteiger partial charge in [0.2, 0.25) is 21.1 Å². The molecule has 1 amide bonds. The van der Waals surface area contributed by atoms with E-state index in [0.29, 0.717) is 31.1 Å². The summed E-state index contributed by atoms with van der Waals surface area (Å²) in [5.41, 5.74) is 0.741. The van der Waals surface area contributed by atoms with E-state index in [0.717, 1.165) is 14.4 Å². The summed E-state index contributed by atoms with van der Waals surface area (Å²) in [6.45, 7) is 0.696. The highest BCUT2D eigenvalue weighted by atomic mass is 79.9. The number of carbonyl (C=O) groups is 1. The largest absolute Gasteiger partial charge is 0.300 e. The SMILES string of the molecule is CSc1nnc(NC(=O)C2CCN(S(=O)(=O)Cc3cccc(Br)c3)CC2)s1. The van der Waals surface area contributed by atoms with E-state index < -0.39 is 10.0 Å². The Kier molecular flexibility index (Phi) is 6.90. The third-order valence-corrected chi connectivity index (χ3v) is 8.42. The number of piperidine rings is 1. The first kappa shape index (κ1) is 20.7. The standard InChI is InChI=1S/C16H19BrN4O3S3/c1-25-16-20-19-15(26-16)18-14(22)12-5-7-21(8-6-12)27(23,24)10-11-3-2-4-13(17)9-11/h2-4,9,12H,5-8,10H2,1H3,(H,18,19,22). The quantitative estimate of drug-likeness (QED) is 0.493. The van der Waals surface area contributed by atoms with Crippen molar-refractivity contribution in [2.75, 3.05) is 24.7 Å². The molecule has 1 fully saturated rings. The van der Waals surface area contributed by atoms with Crippen molar-refractivity contribution in [3.05, 3.63) is 34.3 Å². The van der Waals surface area contributed by atoms with Gasteiger partial charge >= 0.3 is 0 Å². The van der Waals surface area contributed by atoms with Crippen LogP contribution in [0.2, 0.25) is 0 Å². The van der Waals surface area contributed by atoms with Crippen molar-refractivity contribution >= 4 is 60.1 Å². The van der Waals surface area contributed by atoms with Crippen LogP contribution < -0.4 is 5.32 Å². The summed E-state index contributed by atoms with van der Waals surface area (Å²) >= 11 is 6.16. The van der Waals surface area contributed by atoms with Crippen LogP contribution in [0, 0.1) is 5.92 Å². The Balaban J connectivity index is 1.55. The lowest BCUT2D eigenvalue weighted by Gasteiger charge is -2.30. The van der Waals surface area contributed by atoms with Crippen LogP contribution in [-0.4, -0.2) is 48.2 Å². The average molecular weight is 491 g/mol. The van der Waals surface area contributed by atoms with Gasteiger partial charge in [0, 0.05) is 23.5 Å². The molecule has 3 rings (SSSR count). The van der Waals surface area contributed by atoms with Crippen LogP contribution in [0.25, 0.3) is 0 Å². The average Bonchev–Trinajstić information content (AvgIpc) is 3.09. The molecule has 0 spiro atoms. The van der Waals surface area contributed by atoms with Crippen LogP contribution in [0.15, 0.2) is 33.1 Å². The molecule has 1 N–H and O–H groups in total. The smallest absolute Gasteiger partial charge is 0.229 e. The number of amides is 1. The van der Waals surface area contributed by atoms with Crippen molar-refractivity contribution in [2.24, 2.45) is 5.92 Å². The summed E-state index contributed by atoms with van der Waals surface area (Å²) in [5, 5.41) is 11.2. The Labute approximate surface area is 175 Å². The first-order valence-electron chi connectivity index (χ1n) is 8.28. The topological polar surface area (TPSA) is 92.3 Å². The molecular formula is C16H19BrN4O3S3. The van der Waals surface area contributed by atoms with Gasteiger partial charge in [0.25, 0.3) is 0 Å². The fraction of sp³-hybridized carbons (Fsp3) is 0.438. The van der Waals surface area contributed by atoms with Crippen LogP contribution in [0.3, 0.4) is 0 Å². The highest BCUT2D eigenvalue weighted by molar-refractivity contribution is 9.10. The van der Waals surface area contributed by atoms with E-state index in [9.17, 15) is 13.2 Å². The van der Waals surface area contributed by atoms with Crippen molar-refractivity contribution in [2.45, 2.75) is 22.9 Å². The van der Waals surface area contributed by atoms with Crippen molar-refractivity contribution in [1.82, 2.24) is 14.5 Å². The molecule has 0 radical (unpaired) electrons. The van der Waals surface area contributed by atoms with E-state index in [1.807, 2.05) is 24.5 Å². The summed E-state index contributed by atoms with van der Waals surface area (Å²) in [5.74, 6) is -0.377. The first-order valence-corrected chi connectivity index (χ1v) is 12.7. The minimum Gasteiger partial charge on any atom is -0.300 e. The number of carbonyl (C=O) groups excluding carboxylic acids is 1. The van der Waals surface area contributed by atoms with Crippen LogP contribution >= 0.6 is 39.0 Å². The number of sulfonamides is 1. The van der Waals surface area contributed by atoms with E-state index in [4.69, 9.17) is 0 Å². The second-order valence-electron chi connectivity index (χ2n) is 6.13. The summed E-state index contributed by atoms with van der Waals surface area (Å²) in [6.07, 6.45) is 2.89. The number of rotatable bonds is 6. The maximum absolute atomic E-state index is 12.7. The molecule has 146 valence electrons. The third-order valence-electron chi connectivity index (χ3n) is 4.27. The molecule has 1 aliphatic heterocycles. The van der Waals surface area contributed by atoms with Crippen LogP contribution in [0.5, 0.6) is 0 Å². The third kappa shape index (κ3) is 5.50. The molecular weight excluding hydrogens is 472 g/mol. The molecule has 7 nitrogen and oxygen atoms in total. The number of nitrogens with zero attached hydrogens (tertiary/aromatic N) is 3. The van der Waals surface area contributed by atoms with E-state index in [1.165, 1.54) is 27.4 Å². The highest BCUT2D eigenvalue weighted by Gasteiger charge is 2.31. The van der Waals surface area contributed by atoms with E-state index >= 15 is 0 Å². The Hall–Kier alpha value is -1.01. The number of thioether (sulfide) groups is 1. The molecule has 1 saturated heterocycles. The number of aromatic nitrogens is 2. The number of nitrogens with one attached hydrogen (secondary N) is 1. The molecule has 2 heterocycles. The summed E-state index contributed by atoms with van der Waals surface area (Å²) in [7, 11) is -3.40. The van der Waals surface area contributed by atoms with Gasteiger partial charge in [-0.15, -0.1) is 10.2 Å². The predicted molar refractivity (Wildman–Crippen MR) is 111 cm³/mol.